The molecular weight excluding hydrogens is 300 g/mol. The lowest BCUT2D eigenvalue weighted by molar-refractivity contribution is 0.182. The third kappa shape index (κ3) is 5.94. The first kappa shape index (κ1) is 17.9. The molecule has 0 spiro atoms. The van der Waals surface area contributed by atoms with Crippen LogP contribution in [-0.4, -0.2) is 21.8 Å². The van der Waals surface area contributed by atoms with Gasteiger partial charge in [0, 0.05) is 13.2 Å². The molecule has 0 aliphatic carbocycles. The van der Waals surface area contributed by atoms with Crippen LogP contribution in [0.5, 0.6) is 0 Å². The summed E-state index contributed by atoms with van der Waals surface area (Å²) in [5.74, 6) is 0. The van der Waals surface area contributed by atoms with Crippen LogP contribution in [0.2, 0.25) is 12.1 Å². The molecule has 0 N–H and O–H groups in total. The Balaban J connectivity index is 2.03. The van der Waals surface area contributed by atoms with Crippen LogP contribution < -0.4 is 0 Å². The smallest absolute Gasteiger partial charge is 0.338 e. The molecular formula is C20H28O2Si. The number of aryl methyl sites for hydroxylation is 2. The molecule has 2 rings (SSSR count). The van der Waals surface area contributed by atoms with Gasteiger partial charge >= 0.3 is 8.56 Å². The van der Waals surface area contributed by atoms with Crippen molar-refractivity contribution >= 4 is 8.56 Å². The van der Waals surface area contributed by atoms with E-state index >= 15 is 0 Å². The van der Waals surface area contributed by atoms with Gasteiger partial charge in [-0.15, -0.1) is 0 Å². The summed E-state index contributed by atoms with van der Waals surface area (Å²) in [5.41, 5.74) is 2.73. The summed E-state index contributed by atoms with van der Waals surface area (Å²) in [6.45, 7) is 5.61. The molecule has 0 aromatic heterocycles. The topological polar surface area (TPSA) is 18.5 Å². The summed E-state index contributed by atoms with van der Waals surface area (Å²) in [5, 5.41) is 0. The van der Waals surface area contributed by atoms with Gasteiger partial charge in [0.15, 0.2) is 0 Å². The van der Waals surface area contributed by atoms with E-state index in [2.05, 4.69) is 74.5 Å². The van der Waals surface area contributed by atoms with Crippen molar-refractivity contribution in [3.05, 3.63) is 71.8 Å². The van der Waals surface area contributed by atoms with Crippen molar-refractivity contribution in [3.8, 4) is 0 Å². The van der Waals surface area contributed by atoms with Gasteiger partial charge in [0.25, 0.3) is 0 Å². The van der Waals surface area contributed by atoms with Crippen LogP contribution in [-0.2, 0) is 21.7 Å². The molecule has 0 saturated carbocycles. The van der Waals surface area contributed by atoms with Crippen molar-refractivity contribution in [1.29, 1.82) is 0 Å². The monoisotopic (exact) mass is 328 g/mol. The molecule has 0 atom stereocenters. The van der Waals surface area contributed by atoms with Gasteiger partial charge in [-0.05, 0) is 49.9 Å². The van der Waals surface area contributed by atoms with E-state index in [4.69, 9.17) is 8.85 Å². The van der Waals surface area contributed by atoms with Crippen LogP contribution in [0, 0.1) is 0 Å². The van der Waals surface area contributed by atoms with Gasteiger partial charge in [0.2, 0.25) is 0 Å². The molecule has 0 saturated heterocycles. The van der Waals surface area contributed by atoms with Crippen LogP contribution in [0.4, 0.5) is 0 Å². The Morgan fingerprint density at radius 3 is 1.39 bits per heavy atom. The highest BCUT2D eigenvalue weighted by molar-refractivity contribution is 6.67. The van der Waals surface area contributed by atoms with E-state index in [1.807, 2.05) is 0 Å². The normalized spacial score (nSPS) is 11.6. The molecule has 124 valence electrons. The first-order chi connectivity index (χ1) is 11.3. The van der Waals surface area contributed by atoms with Gasteiger partial charge in [-0.25, -0.2) is 0 Å². The summed E-state index contributed by atoms with van der Waals surface area (Å²) >= 11 is 0. The van der Waals surface area contributed by atoms with Crippen LogP contribution in [0.25, 0.3) is 0 Å². The lowest BCUT2D eigenvalue weighted by Gasteiger charge is -2.30. The Morgan fingerprint density at radius 2 is 1.04 bits per heavy atom. The Labute approximate surface area is 141 Å². The van der Waals surface area contributed by atoms with E-state index in [9.17, 15) is 0 Å². The van der Waals surface area contributed by atoms with Crippen LogP contribution in [0.3, 0.4) is 0 Å². The van der Waals surface area contributed by atoms with E-state index < -0.39 is 8.56 Å². The van der Waals surface area contributed by atoms with Crippen molar-refractivity contribution in [2.75, 3.05) is 13.2 Å². The second-order valence-electron chi connectivity index (χ2n) is 5.75. The molecule has 0 radical (unpaired) electrons. The van der Waals surface area contributed by atoms with Crippen LogP contribution in [0.1, 0.15) is 25.0 Å². The SMILES string of the molecule is CCO[Si](CCc1ccccc1)(CCc1ccccc1)OCC. The Kier molecular flexibility index (Phi) is 7.53. The lowest BCUT2D eigenvalue weighted by Crippen LogP contribution is -2.43. The maximum Gasteiger partial charge on any atom is 0.338 e. The van der Waals surface area contributed by atoms with E-state index in [-0.39, 0.29) is 0 Å². The first-order valence-electron chi connectivity index (χ1n) is 8.64. The minimum Gasteiger partial charge on any atom is -0.394 e. The predicted octanol–water partition coefficient (Wildman–Crippen LogP) is 4.99. The van der Waals surface area contributed by atoms with E-state index in [1.165, 1.54) is 11.1 Å². The van der Waals surface area contributed by atoms with Gasteiger partial charge in [-0.2, -0.15) is 0 Å². The maximum atomic E-state index is 6.23. The van der Waals surface area contributed by atoms with Gasteiger partial charge in [0.1, 0.15) is 0 Å². The molecule has 0 amide bonds. The zero-order chi connectivity index (χ0) is 16.4. The van der Waals surface area contributed by atoms with Gasteiger partial charge in [-0.1, -0.05) is 60.7 Å². The third-order valence-electron chi connectivity index (χ3n) is 4.09. The highest BCUT2D eigenvalue weighted by Gasteiger charge is 2.36. The molecule has 0 aliphatic heterocycles. The fraction of sp³-hybridized carbons (Fsp3) is 0.400. The zero-order valence-corrected chi connectivity index (χ0v) is 15.3. The zero-order valence-electron chi connectivity index (χ0n) is 14.3. The van der Waals surface area contributed by atoms with Crippen molar-refractivity contribution in [2.45, 2.75) is 38.8 Å². The van der Waals surface area contributed by atoms with Crippen molar-refractivity contribution in [2.24, 2.45) is 0 Å². The van der Waals surface area contributed by atoms with Crippen molar-refractivity contribution in [1.82, 2.24) is 0 Å². The number of benzene rings is 2. The van der Waals surface area contributed by atoms with E-state index in [1.54, 1.807) is 0 Å². The number of hydrogen-bond acceptors (Lipinski definition) is 2. The summed E-state index contributed by atoms with van der Waals surface area (Å²) < 4.78 is 12.5. The first-order valence-corrected chi connectivity index (χ1v) is 10.9. The molecule has 23 heavy (non-hydrogen) atoms. The lowest BCUT2D eigenvalue weighted by atomic mass is 10.2. The highest BCUT2D eigenvalue weighted by Crippen LogP contribution is 2.24. The quantitative estimate of drug-likeness (QED) is 0.572. The molecule has 0 unspecified atom stereocenters. The minimum absolute atomic E-state index is 0.732. The molecule has 0 bridgehead atoms. The summed E-state index contributed by atoms with van der Waals surface area (Å²) in [7, 11) is -2.16. The van der Waals surface area contributed by atoms with E-state index in [0.29, 0.717) is 0 Å². The molecule has 0 heterocycles. The standard InChI is InChI=1S/C20H28O2Si/c1-3-21-23(22-4-2,17-15-19-11-7-5-8-12-19)18-16-20-13-9-6-10-14-20/h5-14H,3-4,15-18H2,1-2H3. The molecule has 0 fully saturated rings. The van der Waals surface area contributed by atoms with Crippen molar-refractivity contribution in [3.63, 3.8) is 0 Å². The van der Waals surface area contributed by atoms with Gasteiger partial charge < -0.3 is 8.85 Å². The van der Waals surface area contributed by atoms with Gasteiger partial charge in [0.05, 0.1) is 0 Å². The van der Waals surface area contributed by atoms with Crippen LogP contribution >= 0.6 is 0 Å². The van der Waals surface area contributed by atoms with Crippen molar-refractivity contribution < 1.29 is 8.85 Å². The summed E-state index contributed by atoms with van der Waals surface area (Å²) in [6, 6.07) is 23.3. The van der Waals surface area contributed by atoms with Gasteiger partial charge in [-0.3, -0.25) is 0 Å². The number of rotatable bonds is 10. The Bertz CT molecular complexity index is 491. The second-order valence-corrected chi connectivity index (χ2v) is 9.15. The average Bonchev–Trinajstić information content (AvgIpc) is 2.60. The summed E-state index contributed by atoms with van der Waals surface area (Å²) in [4.78, 5) is 0. The molecule has 2 nitrogen and oxygen atoms in total. The Hall–Kier alpha value is -1.42. The fourth-order valence-electron chi connectivity index (χ4n) is 2.94. The fourth-order valence-corrected chi connectivity index (χ4v) is 6.24. The molecule has 3 heteroatoms. The molecule has 2 aromatic carbocycles. The highest BCUT2D eigenvalue weighted by atomic mass is 28.4. The Morgan fingerprint density at radius 1 is 0.652 bits per heavy atom. The predicted molar refractivity (Wildman–Crippen MR) is 98.9 cm³/mol. The largest absolute Gasteiger partial charge is 0.394 e. The molecule has 2 aromatic rings. The minimum atomic E-state index is -2.16. The van der Waals surface area contributed by atoms with E-state index in [0.717, 1.165) is 38.1 Å². The summed E-state index contributed by atoms with van der Waals surface area (Å²) in [6.07, 6.45) is 2.06. The number of hydrogen-bond donors (Lipinski definition) is 0. The second kappa shape index (κ2) is 9.66. The average molecular weight is 329 g/mol. The third-order valence-corrected chi connectivity index (χ3v) is 7.74. The van der Waals surface area contributed by atoms with Crippen LogP contribution in [0.15, 0.2) is 60.7 Å². The maximum absolute atomic E-state index is 6.23. The molecule has 0 aliphatic rings.